The molecule has 1 aliphatic heterocycles. The zero-order chi connectivity index (χ0) is 19.6. The maximum Gasteiger partial charge on any atom is 0.260 e. The van der Waals surface area contributed by atoms with Crippen LogP contribution >= 0.6 is 0 Å². The number of fused-ring (bicyclic) bond motifs is 2. The van der Waals surface area contributed by atoms with Crippen molar-refractivity contribution in [1.29, 1.82) is 0 Å². The van der Waals surface area contributed by atoms with Crippen LogP contribution in [0.2, 0.25) is 0 Å². The van der Waals surface area contributed by atoms with Gasteiger partial charge in [-0.25, -0.2) is 9.55 Å². The number of pyridine rings is 1. The van der Waals surface area contributed by atoms with Crippen LogP contribution in [0.5, 0.6) is 0 Å². The third-order valence-corrected chi connectivity index (χ3v) is 5.73. The molecule has 148 valence electrons. The number of anilines is 1. The summed E-state index contributed by atoms with van der Waals surface area (Å²) in [7, 11) is 0. The van der Waals surface area contributed by atoms with Crippen molar-refractivity contribution in [1.82, 2.24) is 19.9 Å². The number of H-pyrrole nitrogens is 1. The molecule has 1 fully saturated rings. The molecule has 0 radical (unpaired) electrons. The first-order valence-corrected chi connectivity index (χ1v) is 10.4. The molecule has 4 aromatic rings. The van der Waals surface area contributed by atoms with E-state index in [1.54, 1.807) is 10.6 Å². The van der Waals surface area contributed by atoms with Crippen LogP contribution in [0.4, 0.5) is 5.69 Å². The second-order valence-electron chi connectivity index (χ2n) is 7.69. The molecule has 1 saturated heterocycles. The van der Waals surface area contributed by atoms with Gasteiger partial charge in [-0.05, 0) is 44.0 Å². The van der Waals surface area contributed by atoms with E-state index in [0.29, 0.717) is 12.0 Å². The van der Waals surface area contributed by atoms with Gasteiger partial charge in [0, 0.05) is 29.7 Å². The summed E-state index contributed by atoms with van der Waals surface area (Å²) in [6.07, 6.45) is 4.86. The van der Waals surface area contributed by atoms with E-state index in [9.17, 15) is 4.79 Å². The standard InChI is InChI=1S/C23H25N5O/c29-22-15-20(25-14-12-16-7-5-6-13-24-16)17-8-1-4-11-21(17)28(22)23-26-18-9-2-3-10-19(18)27-23/h1-4,8-11,15-16,24-25H,5-7,12-14H2,(H,26,27). The van der Waals surface area contributed by atoms with Gasteiger partial charge in [-0.3, -0.25) is 4.79 Å². The Bertz CT molecular complexity index is 1170. The van der Waals surface area contributed by atoms with E-state index in [4.69, 9.17) is 0 Å². The predicted octanol–water partition coefficient (Wildman–Crippen LogP) is 3.81. The molecule has 6 nitrogen and oxygen atoms in total. The van der Waals surface area contributed by atoms with Gasteiger partial charge >= 0.3 is 0 Å². The first-order chi connectivity index (χ1) is 14.3. The number of hydrogen-bond acceptors (Lipinski definition) is 4. The van der Waals surface area contributed by atoms with Gasteiger partial charge in [0.1, 0.15) is 0 Å². The van der Waals surface area contributed by atoms with Crippen LogP contribution in [0, 0.1) is 0 Å². The Labute approximate surface area is 169 Å². The Morgan fingerprint density at radius 2 is 1.97 bits per heavy atom. The number of nitrogens with one attached hydrogen (secondary N) is 3. The third-order valence-electron chi connectivity index (χ3n) is 5.73. The van der Waals surface area contributed by atoms with Gasteiger partial charge in [-0.15, -0.1) is 0 Å². The Morgan fingerprint density at radius 1 is 1.10 bits per heavy atom. The average molecular weight is 387 g/mol. The Balaban J connectivity index is 1.49. The molecule has 0 bridgehead atoms. The van der Waals surface area contributed by atoms with Crippen molar-refractivity contribution in [3.8, 4) is 5.95 Å². The lowest BCUT2D eigenvalue weighted by Gasteiger charge is -2.23. The number of nitrogens with zero attached hydrogens (tertiary/aromatic N) is 2. The van der Waals surface area contributed by atoms with E-state index >= 15 is 0 Å². The summed E-state index contributed by atoms with van der Waals surface area (Å²) in [6.45, 7) is 1.96. The van der Waals surface area contributed by atoms with Crippen LogP contribution in [0.3, 0.4) is 0 Å². The largest absolute Gasteiger partial charge is 0.384 e. The maximum absolute atomic E-state index is 13.0. The van der Waals surface area contributed by atoms with E-state index in [1.165, 1.54) is 19.3 Å². The third kappa shape index (κ3) is 3.51. The van der Waals surface area contributed by atoms with Crippen molar-refractivity contribution < 1.29 is 0 Å². The fourth-order valence-corrected chi connectivity index (χ4v) is 4.24. The highest BCUT2D eigenvalue weighted by Gasteiger charge is 2.15. The number of benzene rings is 2. The Kier molecular flexibility index (Phi) is 4.77. The summed E-state index contributed by atoms with van der Waals surface area (Å²) in [5.74, 6) is 0.547. The topological polar surface area (TPSA) is 74.7 Å². The zero-order valence-electron chi connectivity index (χ0n) is 16.3. The molecule has 3 N–H and O–H groups in total. The number of hydrogen-bond donors (Lipinski definition) is 3. The second kappa shape index (κ2) is 7.72. The smallest absolute Gasteiger partial charge is 0.260 e. The van der Waals surface area contributed by atoms with Crippen LogP contribution in [-0.4, -0.2) is 33.7 Å². The molecule has 1 atom stereocenters. The molecular formula is C23H25N5O. The molecule has 0 aliphatic carbocycles. The number of para-hydroxylation sites is 3. The fourth-order valence-electron chi connectivity index (χ4n) is 4.24. The summed E-state index contributed by atoms with van der Waals surface area (Å²) in [5, 5.41) is 8.09. The van der Waals surface area contributed by atoms with Gasteiger partial charge in [0.2, 0.25) is 5.95 Å². The molecular weight excluding hydrogens is 362 g/mol. The number of imidazole rings is 1. The molecule has 6 heteroatoms. The van der Waals surface area contributed by atoms with E-state index in [1.807, 2.05) is 42.5 Å². The molecule has 0 spiro atoms. The second-order valence-corrected chi connectivity index (χ2v) is 7.69. The van der Waals surface area contributed by atoms with Gasteiger partial charge in [0.25, 0.3) is 5.56 Å². The summed E-state index contributed by atoms with van der Waals surface area (Å²) in [6, 6.07) is 18.0. The van der Waals surface area contributed by atoms with Crippen molar-refractivity contribution in [2.45, 2.75) is 31.7 Å². The first-order valence-electron chi connectivity index (χ1n) is 10.4. The van der Waals surface area contributed by atoms with Crippen molar-refractivity contribution in [2.75, 3.05) is 18.4 Å². The highest BCUT2D eigenvalue weighted by atomic mass is 16.1. The van der Waals surface area contributed by atoms with Gasteiger partial charge < -0.3 is 15.6 Å². The van der Waals surface area contributed by atoms with Crippen LogP contribution < -0.4 is 16.2 Å². The van der Waals surface area contributed by atoms with Gasteiger partial charge in [0.05, 0.1) is 16.6 Å². The number of aromatic nitrogens is 3. The Hall–Kier alpha value is -3.12. The summed E-state index contributed by atoms with van der Waals surface area (Å²) in [4.78, 5) is 20.9. The van der Waals surface area contributed by atoms with Crippen molar-refractivity contribution >= 4 is 27.6 Å². The van der Waals surface area contributed by atoms with Gasteiger partial charge in [-0.1, -0.05) is 36.8 Å². The predicted molar refractivity (Wildman–Crippen MR) is 118 cm³/mol. The molecule has 3 heterocycles. The quantitative estimate of drug-likeness (QED) is 0.487. The fraction of sp³-hybridized carbons (Fsp3) is 0.304. The first kappa shape index (κ1) is 17.9. The number of rotatable bonds is 5. The Morgan fingerprint density at radius 3 is 2.83 bits per heavy atom. The molecule has 1 unspecified atom stereocenters. The highest BCUT2D eigenvalue weighted by molar-refractivity contribution is 5.92. The van der Waals surface area contributed by atoms with Gasteiger partial charge in [0.15, 0.2) is 0 Å². The van der Waals surface area contributed by atoms with Crippen molar-refractivity contribution in [3.63, 3.8) is 0 Å². The molecule has 1 aliphatic rings. The minimum Gasteiger partial charge on any atom is -0.384 e. The SMILES string of the molecule is O=c1cc(NCCC2CCCCN2)c2ccccc2n1-c1nc2ccccc2[nH]1. The van der Waals surface area contributed by atoms with E-state index in [2.05, 4.69) is 26.7 Å². The van der Waals surface area contributed by atoms with Crippen LogP contribution in [0.1, 0.15) is 25.7 Å². The monoisotopic (exact) mass is 387 g/mol. The summed E-state index contributed by atoms with van der Waals surface area (Å²) >= 11 is 0. The van der Waals surface area contributed by atoms with E-state index in [-0.39, 0.29) is 5.56 Å². The molecule has 2 aromatic heterocycles. The molecule has 2 aromatic carbocycles. The van der Waals surface area contributed by atoms with E-state index < -0.39 is 0 Å². The lowest BCUT2D eigenvalue weighted by Crippen LogP contribution is -2.35. The van der Waals surface area contributed by atoms with Crippen LogP contribution in [0.15, 0.2) is 59.4 Å². The molecule has 0 saturated carbocycles. The average Bonchev–Trinajstić information content (AvgIpc) is 3.18. The number of piperidine rings is 1. The van der Waals surface area contributed by atoms with Gasteiger partial charge in [-0.2, -0.15) is 0 Å². The molecule has 5 rings (SSSR count). The van der Waals surface area contributed by atoms with Crippen LogP contribution in [0.25, 0.3) is 27.9 Å². The summed E-state index contributed by atoms with van der Waals surface area (Å²) in [5.41, 5.74) is 3.40. The van der Waals surface area contributed by atoms with Crippen molar-refractivity contribution in [3.05, 3.63) is 65.0 Å². The maximum atomic E-state index is 13.0. The lowest BCUT2D eigenvalue weighted by molar-refractivity contribution is 0.389. The summed E-state index contributed by atoms with van der Waals surface area (Å²) < 4.78 is 1.66. The molecule has 0 amide bonds. The highest BCUT2D eigenvalue weighted by Crippen LogP contribution is 2.24. The van der Waals surface area contributed by atoms with Crippen molar-refractivity contribution in [2.24, 2.45) is 0 Å². The number of aromatic amines is 1. The zero-order valence-corrected chi connectivity index (χ0v) is 16.3. The normalized spacial score (nSPS) is 17.0. The minimum atomic E-state index is -0.0963. The van der Waals surface area contributed by atoms with Crippen LogP contribution in [-0.2, 0) is 0 Å². The van der Waals surface area contributed by atoms with E-state index in [0.717, 1.165) is 47.1 Å². The molecule has 29 heavy (non-hydrogen) atoms. The lowest BCUT2D eigenvalue weighted by atomic mass is 10.0. The minimum absolute atomic E-state index is 0.0963.